The van der Waals surface area contributed by atoms with Gasteiger partial charge in [0.2, 0.25) is 11.7 Å². The predicted molar refractivity (Wildman–Crippen MR) is 105 cm³/mol. The van der Waals surface area contributed by atoms with Gasteiger partial charge in [-0.15, -0.1) is 0 Å². The lowest BCUT2D eigenvalue weighted by Gasteiger charge is -2.47. The Balaban J connectivity index is 1.21. The Kier molecular flexibility index (Phi) is 5.03. The third kappa shape index (κ3) is 3.65. The molecule has 0 aromatic heterocycles. The molecule has 28 heavy (non-hydrogen) atoms. The molecule has 6 heteroatoms. The number of likely N-dealkylation sites (tertiary alicyclic amines) is 1. The van der Waals surface area contributed by atoms with Gasteiger partial charge in [0.1, 0.15) is 5.75 Å². The second-order valence-electron chi connectivity index (χ2n) is 8.62. The summed E-state index contributed by atoms with van der Waals surface area (Å²) in [6, 6.07) is 6.70. The Labute approximate surface area is 166 Å². The van der Waals surface area contributed by atoms with Crippen LogP contribution in [0.5, 0.6) is 5.75 Å². The van der Waals surface area contributed by atoms with E-state index in [1.165, 1.54) is 19.3 Å². The highest BCUT2D eigenvalue weighted by Gasteiger charge is 2.42. The first-order valence-corrected chi connectivity index (χ1v) is 10.8. The van der Waals surface area contributed by atoms with E-state index in [2.05, 4.69) is 10.2 Å². The van der Waals surface area contributed by atoms with Crippen LogP contribution >= 0.6 is 0 Å². The molecule has 1 N–H and O–H groups in total. The van der Waals surface area contributed by atoms with Gasteiger partial charge in [0.15, 0.2) is 0 Å². The Morgan fingerprint density at radius 3 is 2.61 bits per heavy atom. The fraction of sp³-hybridized carbons (Fsp3) is 0.682. The van der Waals surface area contributed by atoms with E-state index in [4.69, 9.17) is 14.2 Å². The van der Waals surface area contributed by atoms with Gasteiger partial charge in [0.25, 0.3) is 0 Å². The highest BCUT2D eigenvalue weighted by atomic mass is 16.7. The zero-order chi connectivity index (χ0) is 19.0. The van der Waals surface area contributed by atoms with Crippen molar-refractivity contribution in [2.45, 2.75) is 63.4 Å². The maximum atomic E-state index is 12.5. The Morgan fingerprint density at radius 2 is 1.89 bits per heavy atom. The molecule has 3 fully saturated rings. The van der Waals surface area contributed by atoms with Crippen LogP contribution in [0.1, 0.15) is 50.5 Å². The fourth-order valence-corrected chi connectivity index (χ4v) is 4.74. The van der Waals surface area contributed by atoms with Gasteiger partial charge in [-0.1, -0.05) is 6.42 Å². The molecule has 4 aliphatic rings. The van der Waals surface area contributed by atoms with Crippen LogP contribution in [0.2, 0.25) is 0 Å². The largest absolute Gasteiger partial charge is 0.462 e. The molecule has 3 heterocycles. The van der Waals surface area contributed by atoms with Gasteiger partial charge in [-0.2, -0.15) is 0 Å². The molecule has 152 valence electrons. The molecule has 1 aliphatic carbocycles. The third-order valence-electron chi connectivity index (χ3n) is 6.86. The van der Waals surface area contributed by atoms with E-state index in [-0.39, 0.29) is 11.8 Å². The minimum Gasteiger partial charge on any atom is -0.462 e. The Morgan fingerprint density at radius 1 is 1.11 bits per heavy atom. The summed E-state index contributed by atoms with van der Waals surface area (Å²) in [4.78, 5) is 15.1. The summed E-state index contributed by atoms with van der Waals surface area (Å²) < 4.78 is 17.9. The number of ether oxygens (including phenoxy) is 3. The van der Waals surface area contributed by atoms with Crippen LogP contribution in [0, 0.1) is 5.92 Å². The van der Waals surface area contributed by atoms with Crippen LogP contribution < -0.4 is 10.1 Å². The van der Waals surface area contributed by atoms with Crippen molar-refractivity contribution in [2.24, 2.45) is 5.92 Å². The first-order valence-electron chi connectivity index (χ1n) is 10.8. The number of carbonyl (C=O) groups excluding carboxylic acids is 1. The molecule has 1 spiro atoms. The van der Waals surface area contributed by atoms with Crippen LogP contribution in [0.3, 0.4) is 0 Å². The van der Waals surface area contributed by atoms with E-state index < -0.39 is 5.79 Å². The molecule has 1 aromatic rings. The van der Waals surface area contributed by atoms with E-state index >= 15 is 0 Å². The molecule has 0 unspecified atom stereocenters. The molecule has 2 saturated heterocycles. The average molecular weight is 386 g/mol. The molecule has 1 amide bonds. The van der Waals surface area contributed by atoms with E-state index in [0.29, 0.717) is 19.8 Å². The van der Waals surface area contributed by atoms with Gasteiger partial charge < -0.3 is 19.5 Å². The van der Waals surface area contributed by atoms with Crippen LogP contribution in [-0.2, 0) is 20.9 Å². The topological polar surface area (TPSA) is 60.0 Å². The van der Waals surface area contributed by atoms with Crippen molar-refractivity contribution in [1.82, 2.24) is 4.90 Å². The Bertz CT molecular complexity index is 719. The number of benzene rings is 1. The first kappa shape index (κ1) is 18.4. The van der Waals surface area contributed by atoms with Crippen LogP contribution in [-0.4, -0.2) is 48.9 Å². The van der Waals surface area contributed by atoms with Crippen molar-refractivity contribution in [3.05, 3.63) is 23.8 Å². The number of anilines is 1. The lowest BCUT2D eigenvalue weighted by Crippen LogP contribution is -2.54. The summed E-state index contributed by atoms with van der Waals surface area (Å²) in [5, 5.41) is 3.05. The summed E-state index contributed by atoms with van der Waals surface area (Å²) in [7, 11) is 0. The number of hydrogen-bond acceptors (Lipinski definition) is 5. The van der Waals surface area contributed by atoms with E-state index in [0.717, 1.165) is 61.8 Å². The molecule has 6 nitrogen and oxygen atoms in total. The maximum absolute atomic E-state index is 12.5. The van der Waals surface area contributed by atoms with Crippen molar-refractivity contribution in [1.29, 1.82) is 0 Å². The van der Waals surface area contributed by atoms with E-state index in [1.54, 1.807) is 0 Å². The predicted octanol–water partition coefficient (Wildman–Crippen LogP) is 3.31. The standard InChI is InChI=1S/C22H30N2O4/c25-21(16-6-12-26-13-7-16)23-18-4-5-20-17(14-18)15-27-22(28-20)8-10-24(11-9-22)19-2-1-3-19/h4-5,14,16,19H,1-3,6-13,15H2,(H,23,25). The Hall–Kier alpha value is -1.63. The molecule has 0 radical (unpaired) electrons. The molecular formula is C22H30N2O4. The van der Waals surface area contributed by atoms with Gasteiger partial charge in [0, 0.05) is 62.4 Å². The second-order valence-corrected chi connectivity index (χ2v) is 8.62. The number of carbonyl (C=O) groups is 1. The van der Waals surface area contributed by atoms with Gasteiger partial charge in [-0.05, 0) is 43.9 Å². The lowest BCUT2D eigenvalue weighted by atomic mass is 9.89. The lowest BCUT2D eigenvalue weighted by molar-refractivity contribution is -0.231. The summed E-state index contributed by atoms with van der Waals surface area (Å²) in [5.41, 5.74) is 1.83. The molecule has 0 bridgehead atoms. The van der Waals surface area contributed by atoms with Crippen molar-refractivity contribution in [2.75, 3.05) is 31.6 Å². The van der Waals surface area contributed by atoms with Crippen molar-refractivity contribution >= 4 is 11.6 Å². The van der Waals surface area contributed by atoms with Gasteiger partial charge >= 0.3 is 0 Å². The number of nitrogens with zero attached hydrogens (tertiary/aromatic N) is 1. The quantitative estimate of drug-likeness (QED) is 0.864. The molecule has 5 rings (SSSR count). The van der Waals surface area contributed by atoms with Gasteiger partial charge in [0.05, 0.1) is 6.61 Å². The first-order chi connectivity index (χ1) is 13.7. The second kappa shape index (κ2) is 7.65. The molecule has 1 saturated carbocycles. The van der Waals surface area contributed by atoms with E-state index in [9.17, 15) is 4.79 Å². The zero-order valence-corrected chi connectivity index (χ0v) is 16.5. The highest BCUT2D eigenvalue weighted by Crippen LogP contribution is 2.40. The normalized spacial score (nSPS) is 25.6. The smallest absolute Gasteiger partial charge is 0.227 e. The molecule has 3 aliphatic heterocycles. The third-order valence-corrected chi connectivity index (χ3v) is 6.86. The summed E-state index contributed by atoms with van der Waals surface area (Å²) in [5.74, 6) is 0.551. The summed E-state index contributed by atoms with van der Waals surface area (Å²) in [6.07, 6.45) is 7.50. The van der Waals surface area contributed by atoms with Crippen LogP contribution in [0.25, 0.3) is 0 Å². The van der Waals surface area contributed by atoms with E-state index in [1.807, 2.05) is 18.2 Å². The van der Waals surface area contributed by atoms with Crippen LogP contribution in [0.15, 0.2) is 18.2 Å². The number of piperidine rings is 1. The minimum atomic E-state index is -0.472. The number of nitrogens with one attached hydrogen (secondary N) is 1. The highest BCUT2D eigenvalue weighted by molar-refractivity contribution is 5.92. The fourth-order valence-electron chi connectivity index (χ4n) is 4.74. The maximum Gasteiger partial charge on any atom is 0.227 e. The summed E-state index contributed by atoms with van der Waals surface area (Å²) in [6.45, 7) is 3.99. The number of rotatable bonds is 3. The minimum absolute atomic E-state index is 0.0430. The SMILES string of the molecule is O=C(Nc1ccc2c(c1)COC1(CCN(C3CCC3)CC1)O2)C1CCOCC1. The van der Waals surface area contributed by atoms with Crippen molar-refractivity contribution in [3.8, 4) is 5.75 Å². The average Bonchev–Trinajstić information content (AvgIpc) is 2.69. The molecular weight excluding hydrogens is 356 g/mol. The molecule has 0 atom stereocenters. The van der Waals surface area contributed by atoms with Gasteiger partial charge in [-0.3, -0.25) is 9.69 Å². The monoisotopic (exact) mass is 386 g/mol. The number of hydrogen-bond donors (Lipinski definition) is 1. The van der Waals surface area contributed by atoms with Crippen LogP contribution in [0.4, 0.5) is 5.69 Å². The zero-order valence-electron chi connectivity index (χ0n) is 16.5. The van der Waals surface area contributed by atoms with Crippen molar-refractivity contribution in [3.63, 3.8) is 0 Å². The van der Waals surface area contributed by atoms with Crippen molar-refractivity contribution < 1.29 is 19.0 Å². The summed E-state index contributed by atoms with van der Waals surface area (Å²) >= 11 is 0. The number of fused-ring (bicyclic) bond motifs is 1. The number of amides is 1. The van der Waals surface area contributed by atoms with Gasteiger partial charge in [-0.25, -0.2) is 0 Å². The molecule has 1 aromatic carbocycles.